The predicted molar refractivity (Wildman–Crippen MR) is 124 cm³/mol. The molecule has 11 heteroatoms. The molecule has 0 atom stereocenters. The van der Waals surface area contributed by atoms with Crippen molar-refractivity contribution in [2.45, 2.75) is 33.0 Å². The Kier molecular flexibility index (Phi) is 8.01. The number of halogens is 3. The third-order valence-electron chi connectivity index (χ3n) is 5.00. The van der Waals surface area contributed by atoms with E-state index >= 15 is 0 Å². The maximum atomic E-state index is 12.2. The van der Waals surface area contributed by atoms with Crippen LogP contribution in [0.3, 0.4) is 0 Å². The van der Waals surface area contributed by atoms with Crippen LogP contribution >= 0.6 is 0 Å². The van der Waals surface area contributed by atoms with Gasteiger partial charge in [-0.25, -0.2) is 4.98 Å². The molecule has 36 heavy (non-hydrogen) atoms. The Morgan fingerprint density at radius 1 is 1.03 bits per heavy atom. The number of benzene rings is 2. The fourth-order valence-electron chi connectivity index (χ4n) is 3.18. The van der Waals surface area contributed by atoms with Crippen LogP contribution in [-0.4, -0.2) is 32.9 Å². The Bertz CT molecular complexity index is 1270. The molecule has 2 aromatic heterocycles. The molecule has 0 N–H and O–H groups in total. The Hall–Kier alpha value is -4.12. The average Bonchev–Trinajstić information content (AvgIpc) is 3.52. The molecule has 4 rings (SSSR count). The van der Waals surface area contributed by atoms with Gasteiger partial charge in [0.15, 0.2) is 0 Å². The Balaban J connectivity index is 1.23. The van der Waals surface area contributed by atoms with Crippen molar-refractivity contribution in [3.8, 4) is 11.5 Å². The van der Waals surface area contributed by atoms with E-state index in [4.69, 9.17) is 13.9 Å². The second-order valence-electron chi connectivity index (χ2n) is 7.72. The molecule has 188 valence electrons. The summed E-state index contributed by atoms with van der Waals surface area (Å²) in [5.74, 6) is 0.757. The first-order valence-corrected chi connectivity index (χ1v) is 11.0. The van der Waals surface area contributed by atoms with Crippen LogP contribution in [0.25, 0.3) is 12.2 Å². The van der Waals surface area contributed by atoms with Gasteiger partial charge in [0.05, 0.1) is 26.0 Å². The highest BCUT2D eigenvalue weighted by Crippen LogP contribution is 2.23. The van der Waals surface area contributed by atoms with Crippen LogP contribution in [0.4, 0.5) is 13.2 Å². The summed E-state index contributed by atoms with van der Waals surface area (Å²) in [5, 5.41) is 7.65. The maximum Gasteiger partial charge on any atom is 0.573 e. The first-order chi connectivity index (χ1) is 17.3. The lowest BCUT2D eigenvalue weighted by Crippen LogP contribution is -2.16. The predicted octanol–water partition coefficient (Wildman–Crippen LogP) is 5.44. The number of aromatic nitrogens is 4. The summed E-state index contributed by atoms with van der Waals surface area (Å²) < 4.78 is 59.2. The zero-order chi connectivity index (χ0) is 25.4. The molecule has 0 radical (unpaired) electrons. The molecular weight excluding hydrogens is 477 g/mol. The Morgan fingerprint density at radius 2 is 1.83 bits per heavy atom. The van der Waals surface area contributed by atoms with Crippen molar-refractivity contribution >= 4 is 12.2 Å². The third-order valence-corrected chi connectivity index (χ3v) is 5.00. The van der Waals surface area contributed by atoms with Gasteiger partial charge in [0.2, 0.25) is 5.89 Å². The monoisotopic (exact) mass is 500 g/mol. The number of ether oxygens (including phenoxy) is 3. The van der Waals surface area contributed by atoms with E-state index in [1.54, 1.807) is 29.2 Å². The van der Waals surface area contributed by atoms with E-state index in [9.17, 15) is 13.2 Å². The van der Waals surface area contributed by atoms with Crippen LogP contribution in [-0.2, 0) is 24.5 Å². The van der Waals surface area contributed by atoms with Gasteiger partial charge in [-0.15, -0.1) is 18.3 Å². The molecule has 0 saturated carbocycles. The van der Waals surface area contributed by atoms with Crippen LogP contribution in [0.1, 0.15) is 28.3 Å². The summed E-state index contributed by atoms with van der Waals surface area (Å²) in [6.07, 6.45) is 3.47. The van der Waals surface area contributed by atoms with Gasteiger partial charge in [-0.05, 0) is 54.0 Å². The lowest BCUT2D eigenvalue weighted by atomic mass is 10.1. The van der Waals surface area contributed by atoms with Crippen molar-refractivity contribution in [3.63, 3.8) is 0 Å². The number of alkyl halides is 3. The molecule has 4 aromatic rings. The summed E-state index contributed by atoms with van der Waals surface area (Å²) in [5.41, 5.74) is 3.37. The van der Waals surface area contributed by atoms with Crippen LogP contribution in [0.5, 0.6) is 11.5 Å². The van der Waals surface area contributed by atoms with Crippen molar-refractivity contribution in [3.05, 3.63) is 89.4 Å². The summed E-state index contributed by atoms with van der Waals surface area (Å²) in [6.45, 7) is 3.86. The molecule has 0 aliphatic rings. The van der Waals surface area contributed by atoms with Crippen molar-refractivity contribution in [2.24, 2.45) is 0 Å². The zero-order valence-corrected chi connectivity index (χ0v) is 19.3. The Labute approximate surface area is 204 Å². The molecule has 8 nitrogen and oxygen atoms in total. The number of aryl methyl sites for hydroxylation is 1. The van der Waals surface area contributed by atoms with E-state index < -0.39 is 6.36 Å². The molecule has 0 aliphatic heterocycles. The minimum atomic E-state index is -4.72. The SMILES string of the molecule is Cc1cc(OCc2coc(/C=C/c3ccc(OC(F)(F)F)cc3)n2)ccc1COCCn1ccnn1. The van der Waals surface area contributed by atoms with Crippen molar-refractivity contribution in [1.29, 1.82) is 0 Å². The Morgan fingerprint density at radius 3 is 2.56 bits per heavy atom. The molecular formula is C25H23F3N4O4. The van der Waals surface area contributed by atoms with Gasteiger partial charge in [-0.3, -0.25) is 4.68 Å². The molecule has 0 aliphatic carbocycles. The lowest BCUT2D eigenvalue weighted by molar-refractivity contribution is -0.274. The van der Waals surface area contributed by atoms with Gasteiger partial charge in [0.1, 0.15) is 30.1 Å². The quantitative estimate of drug-likeness (QED) is 0.254. The number of hydrogen-bond donors (Lipinski definition) is 0. The highest BCUT2D eigenvalue weighted by Gasteiger charge is 2.30. The van der Waals surface area contributed by atoms with E-state index in [1.807, 2.05) is 25.1 Å². The highest BCUT2D eigenvalue weighted by atomic mass is 19.4. The highest BCUT2D eigenvalue weighted by molar-refractivity contribution is 5.66. The van der Waals surface area contributed by atoms with E-state index in [0.717, 1.165) is 11.1 Å². The zero-order valence-electron chi connectivity index (χ0n) is 19.3. The molecule has 0 unspecified atom stereocenters. The fourth-order valence-corrected chi connectivity index (χ4v) is 3.18. The van der Waals surface area contributed by atoms with Gasteiger partial charge in [-0.2, -0.15) is 0 Å². The summed E-state index contributed by atoms with van der Waals surface area (Å²) in [6, 6.07) is 11.2. The molecule has 0 saturated heterocycles. The average molecular weight is 500 g/mol. The van der Waals surface area contributed by atoms with Crippen molar-refractivity contribution < 1.29 is 31.8 Å². The van der Waals surface area contributed by atoms with Crippen molar-refractivity contribution in [1.82, 2.24) is 20.0 Å². The van der Waals surface area contributed by atoms with Crippen LogP contribution in [0, 0.1) is 6.92 Å². The number of nitrogens with zero attached hydrogens (tertiary/aromatic N) is 4. The van der Waals surface area contributed by atoms with Crippen LogP contribution in [0.2, 0.25) is 0 Å². The minimum Gasteiger partial charge on any atom is -0.487 e. The van der Waals surface area contributed by atoms with Gasteiger partial charge in [0.25, 0.3) is 0 Å². The largest absolute Gasteiger partial charge is 0.573 e. The second-order valence-corrected chi connectivity index (χ2v) is 7.72. The van der Waals surface area contributed by atoms with Crippen LogP contribution < -0.4 is 9.47 Å². The molecule has 0 amide bonds. The molecule has 0 spiro atoms. The topological polar surface area (TPSA) is 84.4 Å². The first-order valence-electron chi connectivity index (χ1n) is 11.0. The number of oxazole rings is 1. The molecule has 0 fully saturated rings. The van der Waals surface area contributed by atoms with Gasteiger partial charge < -0.3 is 18.6 Å². The number of rotatable bonds is 11. The number of hydrogen-bond acceptors (Lipinski definition) is 7. The minimum absolute atomic E-state index is 0.216. The molecule has 0 bridgehead atoms. The molecule has 2 aromatic carbocycles. The normalized spacial score (nSPS) is 11.8. The van der Waals surface area contributed by atoms with Crippen LogP contribution in [0.15, 0.2) is 65.5 Å². The van der Waals surface area contributed by atoms with Gasteiger partial charge in [0, 0.05) is 12.3 Å². The maximum absolute atomic E-state index is 12.2. The standard InChI is InChI=1S/C25H23F3N4O4/c1-18-14-23(8-5-20(18)15-33-13-12-32-11-10-29-31-32)34-16-21-17-35-24(30-21)9-4-19-2-6-22(7-3-19)36-25(26,27)28/h2-11,14,17H,12-13,15-16H2,1H3/b9-4+. The van der Waals surface area contributed by atoms with E-state index in [1.165, 1.54) is 30.5 Å². The van der Waals surface area contributed by atoms with Gasteiger partial charge >= 0.3 is 6.36 Å². The van der Waals surface area contributed by atoms with Gasteiger partial charge in [-0.1, -0.05) is 23.4 Å². The molecule has 2 heterocycles. The summed E-state index contributed by atoms with van der Waals surface area (Å²) >= 11 is 0. The lowest BCUT2D eigenvalue weighted by Gasteiger charge is -2.10. The second kappa shape index (κ2) is 11.5. The van der Waals surface area contributed by atoms with E-state index in [-0.39, 0.29) is 12.4 Å². The third kappa shape index (κ3) is 7.70. The summed E-state index contributed by atoms with van der Waals surface area (Å²) in [7, 11) is 0. The fraction of sp³-hybridized carbons (Fsp3) is 0.240. The summed E-state index contributed by atoms with van der Waals surface area (Å²) in [4.78, 5) is 4.33. The van der Waals surface area contributed by atoms with E-state index in [2.05, 4.69) is 20.0 Å². The first kappa shape index (κ1) is 25.0. The smallest absolute Gasteiger partial charge is 0.487 e. The van der Waals surface area contributed by atoms with Crippen molar-refractivity contribution in [2.75, 3.05) is 6.61 Å². The van der Waals surface area contributed by atoms with E-state index in [0.29, 0.717) is 42.7 Å².